The molecule has 2 aromatic rings. The number of methoxy groups -OCH3 is 1. The first-order chi connectivity index (χ1) is 12.2. The van der Waals surface area contributed by atoms with E-state index < -0.39 is 24.2 Å². The number of anilines is 1. The Morgan fingerprint density at radius 1 is 1.23 bits per heavy atom. The lowest BCUT2D eigenvalue weighted by Gasteiger charge is -2.09. The third-order valence-corrected chi connectivity index (χ3v) is 4.80. The maximum atomic E-state index is 13.4. The molecule has 1 aromatic heterocycles. The van der Waals surface area contributed by atoms with Crippen LogP contribution in [0.15, 0.2) is 18.2 Å². The van der Waals surface area contributed by atoms with E-state index in [1.54, 1.807) is 6.92 Å². The Hall–Kier alpha value is -2.74. The summed E-state index contributed by atoms with van der Waals surface area (Å²) in [5.74, 6) is -2.06. The van der Waals surface area contributed by atoms with Crippen LogP contribution in [-0.4, -0.2) is 31.4 Å². The number of aryl methyl sites for hydroxylation is 1. The number of halogens is 1. The summed E-state index contributed by atoms with van der Waals surface area (Å²) in [6, 6.07) is 3.52. The number of thiophene rings is 1. The van der Waals surface area contributed by atoms with Gasteiger partial charge >= 0.3 is 5.97 Å². The Morgan fingerprint density at radius 3 is 2.54 bits per heavy atom. The van der Waals surface area contributed by atoms with E-state index in [4.69, 9.17) is 9.47 Å². The molecular weight excluding hydrogens is 361 g/mol. The molecule has 8 heteroatoms. The number of rotatable bonds is 6. The van der Waals surface area contributed by atoms with Gasteiger partial charge in [0.25, 0.3) is 0 Å². The van der Waals surface area contributed by atoms with Crippen LogP contribution in [0.3, 0.4) is 0 Å². The van der Waals surface area contributed by atoms with Crippen molar-refractivity contribution in [1.82, 2.24) is 0 Å². The summed E-state index contributed by atoms with van der Waals surface area (Å²) in [5, 5.41) is 2.95. The minimum Gasteiger partial charge on any atom is -0.496 e. The molecule has 0 aliphatic rings. The molecule has 6 nitrogen and oxygen atoms in total. The summed E-state index contributed by atoms with van der Waals surface area (Å²) in [6.07, 6.45) is 0. The average Bonchev–Trinajstić information content (AvgIpc) is 2.85. The molecular formula is C18H18FNO5S. The number of amides is 1. The molecule has 0 aliphatic carbocycles. The number of hydrogen-bond acceptors (Lipinski definition) is 6. The molecule has 0 saturated heterocycles. The van der Waals surface area contributed by atoms with Gasteiger partial charge in [-0.05, 0) is 37.6 Å². The molecule has 1 N–H and O–H groups in total. The number of hydrogen-bond donors (Lipinski definition) is 1. The van der Waals surface area contributed by atoms with Gasteiger partial charge in [-0.3, -0.25) is 9.59 Å². The molecule has 0 saturated carbocycles. The molecule has 0 spiro atoms. The quantitative estimate of drug-likeness (QED) is 0.614. The second-order valence-electron chi connectivity index (χ2n) is 5.51. The maximum absolute atomic E-state index is 13.4. The van der Waals surface area contributed by atoms with E-state index in [1.165, 1.54) is 37.5 Å². The number of nitrogens with one attached hydrogen (secondary N) is 1. The molecule has 0 bridgehead atoms. The molecule has 0 fully saturated rings. The predicted octanol–water partition coefficient (Wildman–Crippen LogP) is 3.51. The highest BCUT2D eigenvalue weighted by Crippen LogP contribution is 2.33. The van der Waals surface area contributed by atoms with Crippen molar-refractivity contribution in [2.75, 3.05) is 19.0 Å². The third kappa shape index (κ3) is 4.26. The number of Topliss-reactive ketones (excluding diaryl/α,β-unsaturated/α-hetero) is 1. The highest BCUT2D eigenvalue weighted by atomic mass is 32.1. The van der Waals surface area contributed by atoms with Crippen LogP contribution >= 0.6 is 11.3 Å². The fourth-order valence-electron chi connectivity index (χ4n) is 2.30. The fourth-order valence-corrected chi connectivity index (χ4v) is 3.39. The lowest BCUT2D eigenvalue weighted by atomic mass is 10.1. The average molecular weight is 379 g/mol. The van der Waals surface area contributed by atoms with Gasteiger partial charge in [0.15, 0.2) is 6.61 Å². The molecule has 26 heavy (non-hydrogen) atoms. The van der Waals surface area contributed by atoms with Crippen molar-refractivity contribution < 1.29 is 28.2 Å². The molecule has 1 heterocycles. The Balaban J connectivity index is 2.18. The number of esters is 1. The summed E-state index contributed by atoms with van der Waals surface area (Å²) < 4.78 is 23.5. The van der Waals surface area contributed by atoms with Gasteiger partial charge in [-0.15, -0.1) is 11.3 Å². The van der Waals surface area contributed by atoms with E-state index in [9.17, 15) is 18.8 Å². The number of ether oxygens (including phenoxy) is 2. The van der Waals surface area contributed by atoms with Crippen LogP contribution in [0.25, 0.3) is 0 Å². The summed E-state index contributed by atoms with van der Waals surface area (Å²) in [6.45, 7) is 4.29. The number of carbonyl (C=O) groups excluding carboxylic acids is 3. The van der Waals surface area contributed by atoms with E-state index in [2.05, 4.69) is 5.32 Å². The molecule has 0 unspecified atom stereocenters. The third-order valence-electron chi connectivity index (χ3n) is 3.68. The van der Waals surface area contributed by atoms with Crippen LogP contribution < -0.4 is 10.1 Å². The van der Waals surface area contributed by atoms with Crippen LogP contribution in [0.1, 0.15) is 38.1 Å². The van der Waals surface area contributed by atoms with Crippen LogP contribution in [0.4, 0.5) is 9.39 Å². The topological polar surface area (TPSA) is 81.7 Å². The Bertz CT molecular complexity index is 875. The standard InChI is InChI=1S/C18H18FNO5S/c1-9-10(2)26-17(20-11(3)21)16(9)18(23)25-8-14(22)13-7-12(19)5-6-15(13)24-4/h5-7H,8H2,1-4H3,(H,20,21). The van der Waals surface area contributed by atoms with E-state index in [0.29, 0.717) is 10.6 Å². The Morgan fingerprint density at radius 2 is 1.92 bits per heavy atom. The Labute approximate surface area is 153 Å². The van der Waals surface area contributed by atoms with Crippen LogP contribution in [0.2, 0.25) is 0 Å². The normalized spacial score (nSPS) is 10.3. The predicted molar refractivity (Wildman–Crippen MR) is 95.7 cm³/mol. The van der Waals surface area contributed by atoms with Gasteiger partial charge in [0, 0.05) is 11.8 Å². The van der Waals surface area contributed by atoms with Gasteiger partial charge in [0.2, 0.25) is 11.7 Å². The molecule has 2 rings (SSSR count). The first-order valence-electron chi connectivity index (χ1n) is 7.66. The van der Waals surface area contributed by atoms with E-state index in [0.717, 1.165) is 10.9 Å². The van der Waals surface area contributed by atoms with Crippen LogP contribution in [0, 0.1) is 19.7 Å². The summed E-state index contributed by atoms with van der Waals surface area (Å²) in [7, 11) is 1.35. The molecule has 1 aromatic carbocycles. The lowest BCUT2D eigenvalue weighted by Crippen LogP contribution is -2.17. The maximum Gasteiger partial charge on any atom is 0.341 e. The zero-order valence-electron chi connectivity index (χ0n) is 14.8. The summed E-state index contributed by atoms with van der Waals surface area (Å²) >= 11 is 1.25. The molecule has 138 valence electrons. The highest BCUT2D eigenvalue weighted by molar-refractivity contribution is 7.16. The number of ketones is 1. The zero-order chi connectivity index (χ0) is 19.4. The van der Waals surface area contributed by atoms with Gasteiger partial charge in [-0.2, -0.15) is 0 Å². The fraction of sp³-hybridized carbons (Fsp3) is 0.278. The minimum atomic E-state index is -0.737. The smallest absolute Gasteiger partial charge is 0.341 e. The largest absolute Gasteiger partial charge is 0.496 e. The van der Waals surface area contributed by atoms with Crippen molar-refractivity contribution in [2.24, 2.45) is 0 Å². The van der Waals surface area contributed by atoms with Crippen molar-refractivity contribution in [3.05, 3.63) is 45.6 Å². The van der Waals surface area contributed by atoms with Crippen molar-refractivity contribution in [1.29, 1.82) is 0 Å². The first-order valence-corrected chi connectivity index (χ1v) is 8.47. The van der Waals surface area contributed by atoms with Crippen LogP contribution in [0.5, 0.6) is 5.75 Å². The molecule has 0 radical (unpaired) electrons. The van der Waals surface area contributed by atoms with Gasteiger partial charge in [0.1, 0.15) is 16.6 Å². The SMILES string of the molecule is COc1ccc(F)cc1C(=O)COC(=O)c1c(NC(C)=O)sc(C)c1C. The van der Waals surface area contributed by atoms with Gasteiger partial charge in [-0.1, -0.05) is 0 Å². The molecule has 1 amide bonds. The zero-order valence-corrected chi connectivity index (χ0v) is 15.6. The number of carbonyl (C=O) groups is 3. The second kappa shape index (κ2) is 8.09. The van der Waals surface area contributed by atoms with Crippen LogP contribution in [-0.2, 0) is 9.53 Å². The second-order valence-corrected chi connectivity index (χ2v) is 6.74. The Kier molecular flexibility index (Phi) is 6.10. The molecule has 0 aliphatic heterocycles. The van der Waals surface area contributed by atoms with E-state index >= 15 is 0 Å². The summed E-state index contributed by atoms with van der Waals surface area (Å²) in [4.78, 5) is 36.8. The van der Waals surface area contributed by atoms with Gasteiger partial charge in [-0.25, -0.2) is 9.18 Å². The van der Waals surface area contributed by atoms with Crippen molar-refractivity contribution in [3.63, 3.8) is 0 Å². The molecule has 0 atom stereocenters. The van der Waals surface area contributed by atoms with Crippen molar-refractivity contribution in [3.8, 4) is 5.75 Å². The van der Waals surface area contributed by atoms with Gasteiger partial charge in [0.05, 0.1) is 18.2 Å². The monoisotopic (exact) mass is 379 g/mol. The van der Waals surface area contributed by atoms with Crippen molar-refractivity contribution >= 4 is 34.0 Å². The van der Waals surface area contributed by atoms with Crippen molar-refractivity contribution in [2.45, 2.75) is 20.8 Å². The lowest BCUT2D eigenvalue weighted by molar-refractivity contribution is -0.114. The van der Waals surface area contributed by atoms with E-state index in [1.807, 2.05) is 6.92 Å². The van der Waals surface area contributed by atoms with Gasteiger partial charge < -0.3 is 14.8 Å². The highest BCUT2D eigenvalue weighted by Gasteiger charge is 2.23. The summed E-state index contributed by atoms with van der Waals surface area (Å²) in [5.41, 5.74) is 0.863. The number of benzene rings is 1. The first kappa shape index (κ1) is 19.6. The van der Waals surface area contributed by atoms with E-state index in [-0.39, 0.29) is 22.8 Å². The minimum absolute atomic E-state index is 0.0133.